The van der Waals surface area contributed by atoms with Crippen molar-refractivity contribution in [2.75, 3.05) is 0 Å². The summed E-state index contributed by atoms with van der Waals surface area (Å²) in [6.45, 7) is 1.85. The van der Waals surface area contributed by atoms with E-state index in [-0.39, 0.29) is 5.82 Å². The monoisotopic (exact) mass is 205 g/mol. The van der Waals surface area contributed by atoms with Gasteiger partial charge in [-0.15, -0.1) is 0 Å². The van der Waals surface area contributed by atoms with Gasteiger partial charge in [-0.05, 0) is 46.8 Å². The predicted molar refractivity (Wildman–Crippen MR) is 55.1 cm³/mol. The van der Waals surface area contributed by atoms with E-state index in [0.717, 1.165) is 17.5 Å². The molecule has 14 heavy (non-hydrogen) atoms. The minimum Gasteiger partial charge on any atom is -0.207 e. The molecule has 1 aromatic heterocycles. The van der Waals surface area contributed by atoms with Crippen molar-refractivity contribution in [1.29, 1.82) is 0 Å². The Bertz CT molecular complexity index is 516. The van der Waals surface area contributed by atoms with Crippen LogP contribution >= 0.6 is 11.5 Å². The van der Waals surface area contributed by atoms with Gasteiger partial charge in [-0.25, -0.2) is 8.76 Å². The Morgan fingerprint density at radius 1 is 1.43 bits per heavy atom. The number of aromatic nitrogens is 1. The van der Waals surface area contributed by atoms with E-state index >= 15 is 0 Å². The molecular formula is C11H8FNS. The number of hydrogen-bond acceptors (Lipinski definition) is 2. The van der Waals surface area contributed by atoms with Gasteiger partial charge in [0.25, 0.3) is 0 Å². The Morgan fingerprint density at radius 3 is 3.14 bits per heavy atom. The summed E-state index contributed by atoms with van der Waals surface area (Å²) < 4.78 is 17.4. The van der Waals surface area contributed by atoms with E-state index in [4.69, 9.17) is 0 Å². The second-order valence-corrected chi connectivity index (χ2v) is 4.36. The van der Waals surface area contributed by atoms with E-state index < -0.39 is 0 Å². The zero-order valence-corrected chi connectivity index (χ0v) is 8.49. The number of rotatable bonds is 0. The summed E-state index contributed by atoms with van der Waals surface area (Å²) in [5.41, 5.74) is 4.32. The molecule has 2 aromatic rings. The van der Waals surface area contributed by atoms with Gasteiger partial charge in [0.2, 0.25) is 0 Å². The van der Waals surface area contributed by atoms with Crippen molar-refractivity contribution < 1.29 is 4.39 Å². The third-order valence-corrected chi connectivity index (χ3v) is 3.66. The molecule has 1 heterocycles. The second-order valence-electron chi connectivity index (χ2n) is 3.56. The molecule has 1 aliphatic rings. The summed E-state index contributed by atoms with van der Waals surface area (Å²) in [6, 6.07) is 3.41. The number of hydrogen-bond donors (Lipinski definition) is 0. The van der Waals surface area contributed by atoms with Crippen LogP contribution in [0.4, 0.5) is 4.39 Å². The second kappa shape index (κ2) is 2.64. The van der Waals surface area contributed by atoms with Gasteiger partial charge in [-0.3, -0.25) is 0 Å². The first-order chi connectivity index (χ1) is 6.77. The van der Waals surface area contributed by atoms with Crippen molar-refractivity contribution in [1.82, 2.24) is 4.37 Å². The lowest BCUT2D eigenvalue weighted by Crippen LogP contribution is -1.90. The van der Waals surface area contributed by atoms with Crippen LogP contribution in [0.3, 0.4) is 0 Å². The largest absolute Gasteiger partial charge is 0.207 e. The van der Waals surface area contributed by atoms with Crippen molar-refractivity contribution in [2.45, 2.75) is 13.3 Å². The fourth-order valence-corrected chi connectivity index (χ4v) is 2.78. The lowest BCUT2D eigenvalue weighted by atomic mass is 10.0. The normalized spacial score (nSPS) is 12.7. The fraction of sp³-hybridized carbons (Fsp3) is 0.182. The maximum absolute atomic E-state index is 13.3. The molecule has 1 aliphatic carbocycles. The smallest absolute Gasteiger partial charge is 0.126 e. The van der Waals surface area contributed by atoms with E-state index in [1.54, 1.807) is 6.07 Å². The molecule has 3 rings (SSSR count). The van der Waals surface area contributed by atoms with Crippen LogP contribution in [0.15, 0.2) is 18.3 Å². The Labute approximate surface area is 85.4 Å². The molecule has 0 aliphatic heterocycles. The topological polar surface area (TPSA) is 12.9 Å². The Balaban J connectivity index is 2.32. The van der Waals surface area contributed by atoms with E-state index in [1.807, 2.05) is 19.2 Å². The van der Waals surface area contributed by atoms with Crippen LogP contribution in [-0.4, -0.2) is 4.37 Å². The van der Waals surface area contributed by atoms with E-state index in [1.165, 1.54) is 27.5 Å². The molecule has 70 valence electrons. The molecule has 0 radical (unpaired) electrons. The van der Waals surface area contributed by atoms with Gasteiger partial charge in [0.15, 0.2) is 0 Å². The van der Waals surface area contributed by atoms with Gasteiger partial charge in [-0.1, -0.05) is 6.07 Å². The summed E-state index contributed by atoms with van der Waals surface area (Å²) >= 11 is 1.50. The molecular weight excluding hydrogens is 197 g/mol. The first-order valence-corrected chi connectivity index (χ1v) is 5.26. The number of nitrogens with zero attached hydrogens (tertiary/aromatic N) is 1. The SMILES string of the molecule is Cc1c(F)ccc2c1Cc1cnsc1-2. The number of halogens is 1. The maximum atomic E-state index is 13.3. The van der Waals surface area contributed by atoms with E-state index in [0.29, 0.717) is 0 Å². The molecule has 0 unspecified atom stereocenters. The van der Waals surface area contributed by atoms with Crippen LogP contribution in [0, 0.1) is 12.7 Å². The zero-order valence-electron chi connectivity index (χ0n) is 7.67. The molecule has 0 saturated carbocycles. The Morgan fingerprint density at radius 2 is 2.29 bits per heavy atom. The first kappa shape index (κ1) is 8.12. The predicted octanol–water partition coefficient (Wildman–Crippen LogP) is 3.16. The highest BCUT2D eigenvalue weighted by molar-refractivity contribution is 7.09. The molecule has 0 bridgehead atoms. The Hall–Kier alpha value is -1.22. The lowest BCUT2D eigenvalue weighted by molar-refractivity contribution is 0.617. The summed E-state index contributed by atoms with van der Waals surface area (Å²) in [5, 5.41) is 0. The van der Waals surface area contributed by atoms with E-state index in [9.17, 15) is 4.39 Å². The molecule has 3 heteroatoms. The van der Waals surface area contributed by atoms with Crippen molar-refractivity contribution in [2.24, 2.45) is 0 Å². The first-order valence-electron chi connectivity index (χ1n) is 4.49. The molecule has 0 amide bonds. The van der Waals surface area contributed by atoms with Crippen LogP contribution < -0.4 is 0 Å². The minimum absolute atomic E-state index is 0.105. The Kier molecular flexibility index (Phi) is 1.53. The van der Waals surface area contributed by atoms with Crippen molar-refractivity contribution in [3.63, 3.8) is 0 Å². The molecule has 0 spiro atoms. The molecule has 0 fully saturated rings. The van der Waals surface area contributed by atoms with Crippen LogP contribution in [0.25, 0.3) is 10.4 Å². The number of benzene rings is 1. The zero-order chi connectivity index (χ0) is 9.71. The van der Waals surface area contributed by atoms with Gasteiger partial charge in [-0.2, -0.15) is 0 Å². The molecule has 0 atom stereocenters. The van der Waals surface area contributed by atoms with Gasteiger partial charge >= 0.3 is 0 Å². The summed E-state index contributed by atoms with van der Waals surface area (Å²) in [5.74, 6) is -0.105. The standard InChI is InChI=1S/C11H8FNS/c1-6-9-4-7-5-13-14-11(7)8(9)2-3-10(6)12/h2-3,5H,4H2,1H3. The highest BCUT2D eigenvalue weighted by Gasteiger charge is 2.23. The van der Waals surface area contributed by atoms with E-state index in [2.05, 4.69) is 4.37 Å². The molecule has 1 aromatic carbocycles. The fourth-order valence-electron chi connectivity index (χ4n) is 1.97. The third kappa shape index (κ3) is 0.904. The quantitative estimate of drug-likeness (QED) is 0.549. The summed E-state index contributed by atoms with van der Waals surface area (Å²) in [7, 11) is 0. The average Bonchev–Trinajstić information content (AvgIpc) is 2.71. The third-order valence-electron chi connectivity index (χ3n) is 2.79. The minimum atomic E-state index is -0.105. The van der Waals surface area contributed by atoms with Crippen molar-refractivity contribution in [3.8, 4) is 10.4 Å². The summed E-state index contributed by atoms with van der Waals surface area (Å²) in [4.78, 5) is 1.21. The van der Waals surface area contributed by atoms with Crippen molar-refractivity contribution in [3.05, 3.63) is 40.8 Å². The average molecular weight is 205 g/mol. The summed E-state index contributed by atoms with van der Waals surface area (Å²) in [6.07, 6.45) is 2.72. The molecule has 0 N–H and O–H groups in total. The van der Waals surface area contributed by atoms with Crippen LogP contribution in [0.2, 0.25) is 0 Å². The maximum Gasteiger partial charge on any atom is 0.126 e. The highest BCUT2D eigenvalue weighted by atomic mass is 32.1. The van der Waals surface area contributed by atoms with Crippen LogP contribution in [-0.2, 0) is 6.42 Å². The van der Waals surface area contributed by atoms with Gasteiger partial charge in [0, 0.05) is 12.6 Å². The van der Waals surface area contributed by atoms with Crippen LogP contribution in [0.5, 0.6) is 0 Å². The van der Waals surface area contributed by atoms with Gasteiger partial charge < -0.3 is 0 Å². The highest BCUT2D eigenvalue weighted by Crippen LogP contribution is 2.40. The lowest BCUT2D eigenvalue weighted by Gasteiger charge is -2.04. The van der Waals surface area contributed by atoms with Gasteiger partial charge in [0.1, 0.15) is 5.82 Å². The van der Waals surface area contributed by atoms with Crippen molar-refractivity contribution >= 4 is 11.5 Å². The number of fused-ring (bicyclic) bond motifs is 3. The van der Waals surface area contributed by atoms with Gasteiger partial charge in [0.05, 0.1) is 4.88 Å². The molecule has 0 saturated heterocycles. The molecule has 1 nitrogen and oxygen atoms in total. The van der Waals surface area contributed by atoms with Crippen LogP contribution in [0.1, 0.15) is 16.7 Å².